The summed E-state index contributed by atoms with van der Waals surface area (Å²) in [6, 6.07) is 9.94. The Kier molecular flexibility index (Phi) is 4.56. The number of ketones is 1. The second-order valence-corrected chi connectivity index (χ2v) is 8.75. The highest BCUT2D eigenvalue weighted by atomic mass is 32.1. The molecule has 1 aliphatic heterocycles. The minimum absolute atomic E-state index is 0.0714. The largest absolute Gasteiger partial charge is 0.450 e. The van der Waals surface area contributed by atoms with Gasteiger partial charge in [-0.25, -0.2) is 9.37 Å². The van der Waals surface area contributed by atoms with Gasteiger partial charge in [-0.15, -0.1) is 0 Å². The van der Waals surface area contributed by atoms with E-state index >= 15 is 0 Å². The van der Waals surface area contributed by atoms with E-state index in [2.05, 4.69) is 4.98 Å². The third kappa shape index (κ3) is 2.98. The van der Waals surface area contributed by atoms with Crippen molar-refractivity contribution in [2.75, 3.05) is 4.90 Å². The highest BCUT2D eigenvalue weighted by Crippen LogP contribution is 2.43. The third-order valence-electron chi connectivity index (χ3n) is 5.52. The van der Waals surface area contributed by atoms with E-state index in [0.717, 1.165) is 16.9 Å². The Labute approximate surface area is 185 Å². The van der Waals surface area contributed by atoms with Crippen LogP contribution in [0.3, 0.4) is 0 Å². The molecule has 32 heavy (non-hydrogen) atoms. The predicted molar refractivity (Wildman–Crippen MR) is 119 cm³/mol. The standard InChI is InChI=1S/C24H17FN2O4S/c1-11-4-9-17-16(10-11)20(29)18-19(14-5-7-15(25)8-6-14)27(23(30)21(18)31-17)24-26-12(2)22(32-24)13(3)28/h4-10,19H,1-3H3/t19-/m0/s1. The van der Waals surface area contributed by atoms with Gasteiger partial charge in [0, 0.05) is 6.92 Å². The minimum atomic E-state index is -0.857. The van der Waals surface area contributed by atoms with E-state index < -0.39 is 17.8 Å². The second-order valence-electron chi connectivity index (χ2n) is 7.77. The summed E-state index contributed by atoms with van der Waals surface area (Å²) in [5.74, 6) is -1.20. The SMILES string of the molecule is CC(=O)c1sc(N2C(=O)c3oc4ccc(C)cc4c(=O)c3[C@@H]2c2ccc(F)cc2)nc1C. The van der Waals surface area contributed by atoms with Crippen LogP contribution in [0.2, 0.25) is 0 Å². The smallest absolute Gasteiger partial charge is 0.297 e. The molecule has 0 radical (unpaired) electrons. The van der Waals surface area contributed by atoms with Crippen LogP contribution >= 0.6 is 11.3 Å². The van der Waals surface area contributed by atoms with Crippen molar-refractivity contribution in [1.82, 2.24) is 4.98 Å². The van der Waals surface area contributed by atoms with Crippen LogP contribution in [0.4, 0.5) is 9.52 Å². The molecule has 5 rings (SSSR count). The van der Waals surface area contributed by atoms with Gasteiger partial charge in [0.05, 0.1) is 27.6 Å². The van der Waals surface area contributed by atoms with Crippen LogP contribution in [0.1, 0.15) is 55.6 Å². The number of nitrogens with zero attached hydrogens (tertiary/aromatic N) is 2. The second kappa shape index (κ2) is 7.20. The molecule has 2 aromatic carbocycles. The lowest BCUT2D eigenvalue weighted by molar-refractivity contribution is 0.0969. The first kappa shape index (κ1) is 20.3. The van der Waals surface area contributed by atoms with Crippen molar-refractivity contribution >= 4 is 39.1 Å². The Morgan fingerprint density at radius 3 is 2.50 bits per heavy atom. The highest BCUT2D eigenvalue weighted by Gasteiger charge is 2.45. The molecule has 4 aromatic rings. The van der Waals surface area contributed by atoms with Crippen LogP contribution in [-0.2, 0) is 0 Å². The van der Waals surface area contributed by atoms with Crippen molar-refractivity contribution in [2.24, 2.45) is 0 Å². The Balaban J connectivity index is 1.81. The molecule has 0 bridgehead atoms. The van der Waals surface area contributed by atoms with Crippen LogP contribution in [0, 0.1) is 19.7 Å². The number of carbonyl (C=O) groups is 2. The average molecular weight is 448 g/mol. The molecular formula is C24H17FN2O4S. The summed E-state index contributed by atoms with van der Waals surface area (Å²) in [5.41, 5.74) is 2.08. The fourth-order valence-corrected chi connectivity index (χ4v) is 5.05. The van der Waals surface area contributed by atoms with E-state index in [4.69, 9.17) is 4.42 Å². The minimum Gasteiger partial charge on any atom is -0.450 e. The molecule has 3 heterocycles. The van der Waals surface area contributed by atoms with Gasteiger partial charge in [0.2, 0.25) is 5.76 Å². The first-order valence-corrected chi connectivity index (χ1v) is 10.7. The van der Waals surface area contributed by atoms with E-state index in [1.54, 1.807) is 25.1 Å². The van der Waals surface area contributed by atoms with E-state index in [0.29, 0.717) is 27.1 Å². The summed E-state index contributed by atoms with van der Waals surface area (Å²) in [6.07, 6.45) is 0. The van der Waals surface area contributed by atoms with Gasteiger partial charge in [0.1, 0.15) is 11.4 Å². The Morgan fingerprint density at radius 2 is 1.84 bits per heavy atom. The Bertz CT molecular complexity index is 1490. The maximum absolute atomic E-state index is 13.6. The van der Waals surface area contributed by atoms with E-state index in [1.165, 1.54) is 36.1 Å². The molecule has 160 valence electrons. The van der Waals surface area contributed by atoms with Crippen LogP contribution in [-0.4, -0.2) is 16.7 Å². The van der Waals surface area contributed by atoms with Gasteiger partial charge >= 0.3 is 0 Å². The van der Waals surface area contributed by atoms with Crippen LogP contribution < -0.4 is 10.3 Å². The number of carbonyl (C=O) groups excluding carboxylic acids is 2. The van der Waals surface area contributed by atoms with Gasteiger partial charge < -0.3 is 4.42 Å². The molecule has 0 saturated heterocycles. The first-order valence-electron chi connectivity index (χ1n) is 9.91. The van der Waals surface area contributed by atoms with Gasteiger partial charge in [-0.2, -0.15) is 0 Å². The zero-order valence-electron chi connectivity index (χ0n) is 17.4. The van der Waals surface area contributed by atoms with Gasteiger partial charge in [-0.05, 0) is 43.7 Å². The Morgan fingerprint density at radius 1 is 1.12 bits per heavy atom. The maximum Gasteiger partial charge on any atom is 0.297 e. The van der Waals surface area contributed by atoms with Crippen molar-refractivity contribution in [1.29, 1.82) is 0 Å². The fourth-order valence-electron chi connectivity index (χ4n) is 4.06. The van der Waals surface area contributed by atoms with E-state index in [-0.39, 0.29) is 27.7 Å². The summed E-state index contributed by atoms with van der Waals surface area (Å²) in [7, 11) is 0. The molecule has 0 fully saturated rings. The molecule has 2 aromatic heterocycles. The quantitative estimate of drug-likeness (QED) is 0.414. The normalized spacial score (nSPS) is 15.4. The van der Waals surface area contributed by atoms with Crippen molar-refractivity contribution in [2.45, 2.75) is 26.8 Å². The molecule has 1 atom stereocenters. The summed E-state index contributed by atoms with van der Waals surface area (Å²) in [6.45, 7) is 4.99. The molecule has 8 heteroatoms. The number of Topliss-reactive ketones (excluding diaryl/α,β-unsaturated/α-hetero) is 1. The molecular weight excluding hydrogens is 431 g/mol. The molecule has 6 nitrogen and oxygen atoms in total. The van der Waals surface area contributed by atoms with E-state index in [9.17, 15) is 18.8 Å². The first-order chi connectivity index (χ1) is 15.3. The number of fused-ring (bicyclic) bond motifs is 2. The molecule has 0 N–H and O–H groups in total. The van der Waals surface area contributed by atoms with Crippen molar-refractivity contribution in [3.8, 4) is 0 Å². The molecule has 0 spiro atoms. The molecule has 0 unspecified atom stereocenters. The van der Waals surface area contributed by atoms with Crippen molar-refractivity contribution in [3.05, 3.63) is 91.5 Å². The third-order valence-corrected chi connectivity index (χ3v) is 6.78. The zero-order chi connectivity index (χ0) is 22.7. The molecule has 1 amide bonds. The number of hydrogen-bond donors (Lipinski definition) is 0. The molecule has 0 saturated carbocycles. The molecule has 0 aliphatic carbocycles. The number of rotatable bonds is 3. The Hall–Kier alpha value is -3.65. The van der Waals surface area contributed by atoms with Gasteiger partial charge in [-0.1, -0.05) is 35.1 Å². The van der Waals surface area contributed by atoms with Crippen molar-refractivity contribution in [3.63, 3.8) is 0 Å². The number of aryl methyl sites for hydroxylation is 2. The van der Waals surface area contributed by atoms with Gasteiger partial charge in [-0.3, -0.25) is 19.3 Å². The number of benzene rings is 2. The van der Waals surface area contributed by atoms with Gasteiger partial charge in [0.15, 0.2) is 16.3 Å². The summed E-state index contributed by atoms with van der Waals surface area (Å²) < 4.78 is 19.5. The predicted octanol–water partition coefficient (Wildman–Crippen LogP) is 4.96. The summed E-state index contributed by atoms with van der Waals surface area (Å²) in [5, 5.41) is 0.642. The average Bonchev–Trinajstić information content (AvgIpc) is 3.27. The number of halogens is 1. The van der Waals surface area contributed by atoms with Crippen LogP contribution in [0.15, 0.2) is 51.7 Å². The lowest BCUT2D eigenvalue weighted by atomic mass is 9.98. The number of amides is 1. The van der Waals surface area contributed by atoms with Gasteiger partial charge in [0.25, 0.3) is 5.91 Å². The summed E-state index contributed by atoms with van der Waals surface area (Å²) in [4.78, 5) is 45.3. The van der Waals surface area contributed by atoms with Crippen molar-refractivity contribution < 1.29 is 18.4 Å². The fraction of sp³-hybridized carbons (Fsp3) is 0.167. The monoisotopic (exact) mass is 448 g/mol. The van der Waals surface area contributed by atoms with Crippen LogP contribution in [0.5, 0.6) is 0 Å². The topological polar surface area (TPSA) is 80.5 Å². The lowest BCUT2D eigenvalue weighted by Gasteiger charge is -2.22. The number of aromatic nitrogens is 1. The highest BCUT2D eigenvalue weighted by molar-refractivity contribution is 7.17. The number of anilines is 1. The van der Waals surface area contributed by atoms with Crippen LogP contribution in [0.25, 0.3) is 11.0 Å². The number of hydrogen-bond acceptors (Lipinski definition) is 6. The zero-order valence-corrected chi connectivity index (χ0v) is 18.2. The lowest BCUT2D eigenvalue weighted by Crippen LogP contribution is -2.29. The molecule has 1 aliphatic rings. The van der Waals surface area contributed by atoms with E-state index in [1.807, 2.05) is 6.92 Å². The maximum atomic E-state index is 13.6. The number of thiazole rings is 1. The summed E-state index contributed by atoms with van der Waals surface area (Å²) >= 11 is 1.08.